The van der Waals surface area contributed by atoms with E-state index in [9.17, 15) is 4.79 Å². The van der Waals surface area contributed by atoms with Crippen LogP contribution in [0.4, 0.5) is 0 Å². The lowest BCUT2D eigenvalue weighted by molar-refractivity contribution is 0.0700. The summed E-state index contributed by atoms with van der Waals surface area (Å²) in [7, 11) is 0. The summed E-state index contributed by atoms with van der Waals surface area (Å²) in [6, 6.07) is 0. The predicted molar refractivity (Wildman–Crippen MR) is 65.5 cm³/mol. The molecule has 1 saturated heterocycles. The average Bonchev–Trinajstić information content (AvgIpc) is 2.82. The van der Waals surface area contributed by atoms with Crippen molar-refractivity contribution in [3.05, 3.63) is 15.6 Å². The zero-order valence-electron chi connectivity index (χ0n) is 10.1. The van der Waals surface area contributed by atoms with E-state index in [1.807, 2.05) is 0 Å². The van der Waals surface area contributed by atoms with Gasteiger partial charge in [-0.3, -0.25) is 0 Å². The Kier molecular flexibility index (Phi) is 3.79. The van der Waals surface area contributed by atoms with Crippen LogP contribution in [0.15, 0.2) is 0 Å². The first-order valence-electron chi connectivity index (χ1n) is 5.92. The van der Waals surface area contributed by atoms with Crippen LogP contribution >= 0.6 is 11.3 Å². The van der Waals surface area contributed by atoms with Crippen LogP contribution in [0.25, 0.3) is 0 Å². The highest BCUT2D eigenvalue weighted by atomic mass is 32.1. The molecule has 94 valence electrons. The predicted octanol–water partition coefficient (Wildman–Crippen LogP) is 2.89. The number of ether oxygens (including phenoxy) is 1. The van der Waals surface area contributed by atoms with Gasteiger partial charge in [-0.1, -0.05) is 13.8 Å². The van der Waals surface area contributed by atoms with Gasteiger partial charge in [-0.15, -0.1) is 11.3 Å². The molecule has 0 radical (unpaired) electrons. The zero-order valence-corrected chi connectivity index (χ0v) is 10.9. The van der Waals surface area contributed by atoms with Crippen LogP contribution in [-0.4, -0.2) is 22.7 Å². The maximum atomic E-state index is 11.2. The summed E-state index contributed by atoms with van der Waals surface area (Å²) < 4.78 is 5.55. The highest BCUT2D eigenvalue weighted by Gasteiger charge is 2.25. The Bertz CT molecular complexity index is 408. The van der Waals surface area contributed by atoms with Gasteiger partial charge in [0.15, 0.2) is 0 Å². The van der Waals surface area contributed by atoms with Crippen LogP contribution in [0, 0.1) is 5.92 Å². The highest BCUT2D eigenvalue weighted by molar-refractivity contribution is 7.13. The smallest absolute Gasteiger partial charge is 0.347 e. The van der Waals surface area contributed by atoms with Crippen molar-refractivity contribution in [3.63, 3.8) is 0 Å². The van der Waals surface area contributed by atoms with Gasteiger partial charge < -0.3 is 9.84 Å². The fraction of sp³-hybridized carbons (Fsp3) is 0.667. The molecular weight excluding hydrogens is 238 g/mol. The molecule has 17 heavy (non-hydrogen) atoms. The molecule has 1 aromatic heterocycles. The molecule has 4 nitrogen and oxygen atoms in total. The van der Waals surface area contributed by atoms with Gasteiger partial charge >= 0.3 is 5.97 Å². The molecule has 1 N–H and O–H groups in total. The third-order valence-electron chi connectivity index (χ3n) is 2.71. The van der Waals surface area contributed by atoms with Crippen molar-refractivity contribution >= 4 is 17.3 Å². The van der Waals surface area contributed by atoms with Crippen molar-refractivity contribution in [1.29, 1.82) is 0 Å². The molecule has 2 rings (SSSR count). The van der Waals surface area contributed by atoms with Crippen LogP contribution in [0.1, 0.15) is 53.2 Å². The van der Waals surface area contributed by atoms with E-state index in [0.29, 0.717) is 22.9 Å². The van der Waals surface area contributed by atoms with Crippen molar-refractivity contribution in [2.75, 3.05) is 6.61 Å². The van der Waals surface area contributed by atoms with Crippen LogP contribution < -0.4 is 0 Å². The zero-order chi connectivity index (χ0) is 12.4. The van der Waals surface area contributed by atoms with Gasteiger partial charge in [0.25, 0.3) is 0 Å². The number of nitrogens with zero attached hydrogens (tertiary/aromatic N) is 1. The first kappa shape index (κ1) is 12.5. The van der Waals surface area contributed by atoms with Crippen molar-refractivity contribution in [1.82, 2.24) is 4.98 Å². The molecule has 1 unspecified atom stereocenters. The maximum absolute atomic E-state index is 11.2. The van der Waals surface area contributed by atoms with E-state index in [4.69, 9.17) is 9.84 Å². The molecule has 1 fully saturated rings. The van der Waals surface area contributed by atoms with Crippen molar-refractivity contribution in [3.8, 4) is 0 Å². The number of rotatable bonds is 4. The topological polar surface area (TPSA) is 59.4 Å². The molecule has 1 aromatic rings. The van der Waals surface area contributed by atoms with E-state index < -0.39 is 5.97 Å². The van der Waals surface area contributed by atoms with E-state index in [0.717, 1.165) is 24.5 Å². The molecule has 5 heteroatoms. The summed E-state index contributed by atoms with van der Waals surface area (Å²) in [5.74, 6) is -0.463. The number of carboxylic acid groups (broad SMARTS) is 1. The second kappa shape index (κ2) is 5.14. The highest BCUT2D eigenvalue weighted by Crippen LogP contribution is 2.33. The number of aromatic nitrogens is 1. The van der Waals surface area contributed by atoms with Crippen molar-refractivity contribution in [2.24, 2.45) is 5.92 Å². The van der Waals surface area contributed by atoms with E-state index in [1.54, 1.807) is 0 Å². The van der Waals surface area contributed by atoms with Gasteiger partial charge in [-0.05, 0) is 25.2 Å². The molecular formula is C12H17NO3S. The molecule has 0 spiro atoms. The minimum absolute atomic E-state index is 0.0130. The Morgan fingerprint density at radius 1 is 1.65 bits per heavy atom. The van der Waals surface area contributed by atoms with Crippen LogP contribution in [0.3, 0.4) is 0 Å². The average molecular weight is 255 g/mol. The summed E-state index contributed by atoms with van der Waals surface area (Å²) in [5.41, 5.74) is 0.711. The maximum Gasteiger partial charge on any atom is 0.347 e. The fourth-order valence-corrected chi connectivity index (χ4v) is 2.99. The summed E-state index contributed by atoms with van der Waals surface area (Å²) in [4.78, 5) is 16.0. The van der Waals surface area contributed by atoms with Crippen LogP contribution in [0.2, 0.25) is 0 Å². The number of carboxylic acids is 1. The van der Waals surface area contributed by atoms with Gasteiger partial charge in [0, 0.05) is 6.61 Å². The molecule has 1 atom stereocenters. The van der Waals surface area contributed by atoms with Gasteiger partial charge in [0.2, 0.25) is 0 Å². The number of aromatic carboxylic acids is 1. The van der Waals surface area contributed by atoms with Crippen molar-refractivity contribution in [2.45, 2.75) is 39.2 Å². The van der Waals surface area contributed by atoms with Crippen LogP contribution in [-0.2, 0) is 11.2 Å². The number of thiazole rings is 1. The minimum Gasteiger partial charge on any atom is -0.477 e. The Morgan fingerprint density at radius 3 is 2.94 bits per heavy atom. The summed E-state index contributed by atoms with van der Waals surface area (Å²) in [6.45, 7) is 4.89. The Morgan fingerprint density at radius 2 is 2.41 bits per heavy atom. The summed E-state index contributed by atoms with van der Waals surface area (Å²) in [5, 5.41) is 9.99. The number of hydrogen-bond donors (Lipinski definition) is 1. The Labute approximate surface area is 105 Å². The molecule has 1 aliphatic rings. The number of carbonyl (C=O) groups is 1. The van der Waals surface area contributed by atoms with Crippen LogP contribution in [0.5, 0.6) is 0 Å². The molecule has 0 bridgehead atoms. The molecule has 1 aliphatic heterocycles. The molecule has 0 aliphatic carbocycles. The lowest BCUT2D eigenvalue weighted by Crippen LogP contribution is -2.03. The third kappa shape index (κ3) is 2.84. The standard InChI is InChI=1S/C12H17NO3S/c1-7(2)6-8-10(12(14)15)17-11(13-8)9-4-3-5-16-9/h7,9H,3-6H2,1-2H3,(H,14,15). The SMILES string of the molecule is CC(C)Cc1nc(C2CCCO2)sc1C(=O)O. The largest absolute Gasteiger partial charge is 0.477 e. The van der Waals surface area contributed by atoms with E-state index >= 15 is 0 Å². The normalized spacial score (nSPS) is 20.1. The lowest BCUT2D eigenvalue weighted by atomic mass is 10.1. The second-order valence-electron chi connectivity index (χ2n) is 4.73. The van der Waals surface area contributed by atoms with E-state index in [1.165, 1.54) is 11.3 Å². The second-order valence-corrected chi connectivity index (χ2v) is 5.76. The monoisotopic (exact) mass is 255 g/mol. The van der Waals surface area contributed by atoms with Gasteiger partial charge in [0.05, 0.1) is 5.69 Å². The minimum atomic E-state index is -0.873. The molecule has 0 aromatic carbocycles. The first-order valence-corrected chi connectivity index (χ1v) is 6.74. The van der Waals surface area contributed by atoms with Gasteiger partial charge in [0.1, 0.15) is 16.0 Å². The Hall–Kier alpha value is -0.940. The number of hydrogen-bond acceptors (Lipinski definition) is 4. The summed E-state index contributed by atoms with van der Waals surface area (Å²) in [6.07, 6.45) is 2.71. The fourth-order valence-electron chi connectivity index (χ4n) is 1.97. The molecule has 0 saturated carbocycles. The lowest BCUT2D eigenvalue weighted by Gasteiger charge is -2.04. The Balaban J connectivity index is 2.26. The quantitative estimate of drug-likeness (QED) is 0.898. The van der Waals surface area contributed by atoms with Gasteiger partial charge in [-0.2, -0.15) is 0 Å². The van der Waals surface area contributed by atoms with E-state index in [2.05, 4.69) is 18.8 Å². The van der Waals surface area contributed by atoms with Crippen molar-refractivity contribution < 1.29 is 14.6 Å². The molecule has 2 heterocycles. The third-order valence-corrected chi connectivity index (χ3v) is 3.89. The first-order chi connectivity index (χ1) is 8.08. The van der Waals surface area contributed by atoms with E-state index in [-0.39, 0.29) is 6.10 Å². The van der Waals surface area contributed by atoms with Gasteiger partial charge in [-0.25, -0.2) is 9.78 Å². The molecule has 0 amide bonds. The summed E-state index contributed by atoms with van der Waals surface area (Å²) >= 11 is 1.27.